The Labute approximate surface area is 124 Å². The summed E-state index contributed by atoms with van der Waals surface area (Å²) in [5.41, 5.74) is 3.45. The Hall–Kier alpha value is -2.36. The third-order valence-electron chi connectivity index (χ3n) is 3.32. The quantitative estimate of drug-likeness (QED) is 0.847. The van der Waals surface area contributed by atoms with E-state index in [1.54, 1.807) is 12.1 Å². The average Bonchev–Trinajstić information content (AvgIpc) is 2.47. The molecule has 0 aliphatic carbocycles. The van der Waals surface area contributed by atoms with Crippen molar-refractivity contribution in [1.29, 1.82) is 0 Å². The summed E-state index contributed by atoms with van der Waals surface area (Å²) in [7, 11) is 0. The summed E-state index contributed by atoms with van der Waals surface area (Å²) in [5.74, 6) is -0.379. The highest BCUT2D eigenvalue weighted by molar-refractivity contribution is 6.00. The minimum atomic E-state index is -0.379. The van der Waals surface area contributed by atoms with Crippen LogP contribution in [0.5, 0.6) is 0 Å². The Bertz CT molecular complexity index is 618. The Morgan fingerprint density at radius 1 is 1.00 bits per heavy atom. The van der Waals surface area contributed by atoms with Gasteiger partial charge in [0.25, 0.3) is 0 Å². The molecule has 0 fully saturated rings. The van der Waals surface area contributed by atoms with Crippen LogP contribution in [-0.4, -0.2) is 6.03 Å². The second-order valence-corrected chi connectivity index (χ2v) is 4.75. The van der Waals surface area contributed by atoms with E-state index in [1.165, 1.54) is 12.1 Å². The third-order valence-corrected chi connectivity index (χ3v) is 3.32. The molecule has 0 spiro atoms. The molecule has 0 unspecified atom stereocenters. The predicted octanol–water partition coefficient (Wildman–Crippen LogP) is 4.59. The van der Waals surface area contributed by atoms with E-state index in [-0.39, 0.29) is 11.8 Å². The molecule has 0 saturated heterocycles. The lowest BCUT2D eigenvalue weighted by atomic mass is 10.0. The maximum absolute atomic E-state index is 13.1. The van der Waals surface area contributed by atoms with Crippen LogP contribution in [0.3, 0.4) is 0 Å². The summed E-state index contributed by atoms with van der Waals surface area (Å²) >= 11 is 0. The Kier molecular flexibility index (Phi) is 4.93. The number of aryl methyl sites for hydroxylation is 2. The van der Waals surface area contributed by atoms with Gasteiger partial charge < -0.3 is 10.6 Å². The number of amides is 2. The fourth-order valence-corrected chi connectivity index (χ4v) is 2.25. The average molecular weight is 286 g/mol. The van der Waals surface area contributed by atoms with Gasteiger partial charge in [0.05, 0.1) is 0 Å². The maximum atomic E-state index is 13.1. The first-order chi connectivity index (χ1) is 10.1. The van der Waals surface area contributed by atoms with E-state index in [0.717, 1.165) is 29.7 Å². The molecule has 2 aromatic rings. The number of urea groups is 1. The van der Waals surface area contributed by atoms with Crippen molar-refractivity contribution in [2.75, 3.05) is 10.6 Å². The van der Waals surface area contributed by atoms with Crippen molar-refractivity contribution in [3.05, 3.63) is 59.4 Å². The second kappa shape index (κ2) is 6.88. The highest BCUT2D eigenvalue weighted by Crippen LogP contribution is 2.23. The number of nitrogens with one attached hydrogen (secondary N) is 2. The molecule has 21 heavy (non-hydrogen) atoms. The normalized spacial score (nSPS) is 10.2. The standard InChI is InChI=1S/C17H19FN2O/c1-3-12-7-5-8-13(4-2)16(12)20-17(21)19-15-10-6-9-14(18)11-15/h5-11H,3-4H2,1-2H3,(H2,19,20,21). The zero-order chi connectivity index (χ0) is 15.2. The van der Waals surface area contributed by atoms with Crippen LogP contribution in [0.25, 0.3) is 0 Å². The first kappa shape index (κ1) is 15.0. The lowest BCUT2D eigenvalue weighted by molar-refractivity contribution is 0.262. The van der Waals surface area contributed by atoms with Gasteiger partial charge in [0.2, 0.25) is 0 Å². The summed E-state index contributed by atoms with van der Waals surface area (Å²) in [4.78, 5) is 12.1. The summed E-state index contributed by atoms with van der Waals surface area (Å²) in [6.07, 6.45) is 1.67. The van der Waals surface area contributed by atoms with Crippen molar-refractivity contribution in [3.8, 4) is 0 Å². The van der Waals surface area contributed by atoms with Crippen LogP contribution in [0.1, 0.15) is 25.0 Å². The van der Waals surface area contributed by atoms with Gasteiger partial charge in [0.15, 0.2) is 0 Å². The molecule has 0 atom stereocenters. The molecule has 0 aliphatic rings. The van der Waals surface area contributed by atoms with Gasteiger partial charge in [-0.2, -0.15) is 0 Å². The number of carbonyl (C=O) groups excluding carboxylic acids is 1. The number of halogens is 1. The summed E-state index contributed by atoms with van der Waals surface area (Å²) in [5, 5.41) is 5.52. The number of carbonyl (C=O) groups is 1. The van der Waals surface area contributed by atoms with Gasteiger partial charge in [0.1, 0.15) is 5.82 Å². The number of hydrogen-bond acceptors (Lipinski definition) is 1. The number of hydrogen-bond donors (Lipinski definition) is 2. The van der Waals surface area contributed by atoms with E-state index >= 15 is 0 Å². The first-order valence-electron chi connectivity index (χ1n) is 7.08. The van der Waals surface area contributed by atoms with Crippen LogP contribution in [0.15, 0.2) is 42.5 Å². The molecule has 0 aliphatic heterocycles. The molecular formula is C17H19FN2O. The molecule has 110 valence electrons. The first-order valence-corrected chi connectivity index (χ1v) is 7.08. The molecule has 0 radical (unpaired) electrons. The van der Waals surface area contributed by atoms with Crippen molar-refractivity contribution in [1.82, 2.24) is 0 Å². The Morgan fingerprint density at radius 3 is 2.19 bits per heavy atom. The largest absolute Gasteiger partial charge is 0.323 e. The van der Waals surface area contributed by atoms with Crippen molar-refractivity contribution in [2.24, 2.45) is 0 Å². The van der Waals surface area contributed by atoms with Gasteiger partial charge in [-0.05, 0) is 42.2 Å². The lowest BCUT2D eigenvalue weighted by Crippen LogP contribution is -2.21. The number of rotatable bonds is 4. The van der Waals surface area contributed by atoms with E-state index in [0.29, 0.717) is 5.69 Å². The van der Waals surface area contributed by atoms with Gasteiger partial charge in [-0.15, -0.1) is 0 Å². The van der Waals surface area contributed by atoms with Gasteiger partial charge in [-0.25, -0.2) is 9.18 Å². The molecular weight excluding hydrogens is 267 g/mol. The Morgan fingerprint density at radius 2 is 1.62 bits per heavy atom. The van der Waals surface area contributed by atoms with Crippen LogP contribution in [0.4, 0.5) is 20.6 Å². The van der Waals surface area contributed by atoms with Crippen molar-refractivity contribution < 1.29 is 9.18 Å². The van der Waals surface area contributed by atoms with Crippen molar-refractivity contribution >= 4 is 17.4 Å². The van der Waals surface area contributed by atoms with Crippen molar-refractivity contribution in [2.45, 2.75) is 26.7 Å². The SMILES string of the molecule is CCc1cccc(CC)c1NC(=O)Nc1cccc(F)c1. The van der Waals surface area contributed by atoms with Gasteiger partial charge in [-0.1, -0.05) is 38.1 Å². The smallest absolute Gasteiger partial charge is 0.308 e. The molecule has 2 amide bonds. The van der Waals surface area contributed by atoms with E-state index in [1.807, 2.05) is 32.0 Å². The summed E-state index contributed by atoms with van der Waals surface area (Å²) < 4.78 is 13.1. The molecule has 4 heteroatoms. The third kappa shape index (κ3) is 3.81. The van der Waals surface area contributed by atoms with E-state index in [4.69, 9.17) is 0 Å². The molecule has 0 saturated carbocycles. The van der Waals surface area contributed by atoms with Crippen molar-refractivity contribution in [3.63, 3.8) is 0 Å². The zero-order valence-electron chi connectivity index (χ0n) is 12.2. The molecule has 0 bridgehead atoms. The molecule has 3 nitrogen and oxygen atoms in total. The van der Waals surface area contributed by atoms with Crippen LogP contribution >= 0.6 is 0 Å². The monoisotopic (exact) mass is 286 g/mol. The minimum Gasteiger partial charge on any atom is -0.308 e. The predicted molar refractivity (Wildman–Crippen MR) is 84.2 cm³/mol. The van der Waals surface area contributed by atoms with E-state index < -0.39 is 0 Å². The molecule has 2 N–H and O–H groups in total. The number of para-hydroxylation sites is 1. The number of anilines is 2. The van der Waals surface area contributed by atoms with Crippen LogP contribution in [-0.2, 0) is 12.8 Å². The molecule has 2 rings (SSSR count). The van der Waals surface area contributed by atoms with Crippen LogP contribution < -0.4 is 10.6 Å². The number of benzene rings is 2. The van der Waals surface area contributed by atoms with E-state index in [2.05, 4.69) is 10.6 Å². The highest BCUT2D eigenvalue weighted by Gasteiger charge is 2.10. The fraction of sp³-hybridized carbons (Fsp3) is 0.235. The van der Waals surface area contributed by atoms with Gasteiger partial charge in [0, 0.05) is 11.4 Å². The highest BCUT2D eigenvalue weighted by atomic mass is 19.1. The van der Waals surface area contributed by atoms with E-state index in [9.17, 15) is 9.18 Å². The summed E-state index contributed by atoms with van der Waals surface area (Å²) in [6, 6.07) is 11.5. The van der Waals surface area contributed by atoms with Gasteiger partial charge in [-0.3, -0.25) is 0 Å². The second-order valence-electron chi connectivity index (χ2n) is 4.75. The molecule has 0 aromatic heterocycles. The zero-order valence-corrected chi connectivity index (χ0v) is 12.2. The van der Waals surface area contributed by atoms with Gasteiger partial charge >= 0.3 is 6.03 Å². The summed E-state index contributed by atoms with van der Waals surface area (Å²) in [6.45, 7) is 4.09. The molecule has 2 aromatic carbocycles. The molecule has 0 heterocycles. The lowest BCUT2D eigenvalue weighted by Gasteiger charge is -2.15. The topological polar surface area (TPSA) is 41.1 Å². The minimum absolute atomic E-state index is 0.365. The van der Waals surface area contributed by atoms with Crippen LogP contribution in [0, 0.1) is 5.82 Å². The fourth-order valence-electron chi connectivity index (χ4n) is 2.25. The maximum Gasteiger partial charge on any atom is 0.323 e. The van der Waals surface area contributed by atoms with Crippen LogP contribution in [0.2, 0.25) is 0 Å². The Balaban J connectivity index is 2.16.